The molecule has 0 aliphatic heterocycles. The topological polar surface area (TPSA) is 76.4 Å². The van der Waals surface area contributed by atoms with Crippen LogP contribution in [0.3, 0.4) is 0 Å². The van der Waals surface area contributed by atoms with Crippen molar-refractivity contribution in [3.8, 4) is 16.9 Å². The SMILES string of the molecule is O=C(NCCOCCO)c1ccc(-c2cc(C(F)(F)F)nn2-c2ccccc2Cl)cc1. The van der Waals surface area contributed by atoms with Gasteiger partial charge in [-0.25, -0.2) is 4.68 Å². The largest absolute Gasteiger partial charge is 0.435 e. The molecular weight excluding hydrogens is 435 g/mol. The van der Waals surface area contributed by atoms with Crippen LogP contribution in [-0.4, -0.2) is 47.2 Å². The van der Waals surface area contributed by atoms with E-state index in [2.05, 4.69) is 10.4 Å². The average molecular weight is 454 g/mol. The number of aliphatic hydroxyl groups is 1. The molecule has 0 aliphatic rings. The monoisotopic (exact) mass is 453 g/mol. The van der Waals surface area contributed by atoms with Crippen LogP contribution in [0, 0.1) is 0 Å². The first kappa shape index (κ1) is 22.8. The number of para-hydroxylation sites is 1. The number of benzene rings is 2. The highest BCUT2D eigenvalue weighted by molar-refractivity contribution is 6.32. The van der Waals surface area contributed by atoms with E-state index in [0.717, 1.165) is 10.7 Å². The number of aromatic nitrogens is 2. The van der Waals surface area contributed by atoms with Crippen molar-refractivity contribution in [3.63, 3.8) is 0 Å². The minimum absolute atomic E-state index is 0.101. The maximum Gasteiger partial charge on any atom is 0.435 e. The van der Waals surface area contributed by atoms with Gasteiger partial charge >= 0.3 is 6.18 Å². The lowest BCUT2D eigenvalue weighted by Gasteiger charge is -2.10. The summed E-state index contributed by atoms with van der Waals surface area (Å²) < 4.78 is 46.1. The van der Waals surface area contributed by atoms with E-state index in [1.807, 2.05) is 0 Å². The summed E-state index contributed by atoms with van der Waals surface area (Å²) in [6.07, 6.45) is -4.63. The molecule has 6 nitrogen and oxygen atoms in total. The van der Waals surface area contributed by atoms with Gasteiger partial charge in [-0.2, -0.15) is 18.3 Å². The lowest BCUT2D eigenvalue weighted by molar-refractivity contribution is -0.141. The van der Waals surface area contributed by atoms with Crippen molar-refractivity contribution in [2.24, 2.45) is 0 Å². The maximum absolute atomic E-state index is 13.3. The normalized spacial score (nSPS) is 11.5. The molecule has 0 fully saturated rings. The van der Waals surface area contributed by atoms with E-state index in [9.17, 15) is 18.0 Å². The minimum atomic E-state index is -4.63. The Kier molecular flexibility index (Phi) is 7.32. The number of ether oxygens (including phenoxy) is 1. The Bertz CT molecular complexity index is 1040. The smallest absolute Gasteiger partial charge is 0.394 e. The van der Waals surface area contributed by atoms with Gasteiger partial charge < -0.3 is 15.2 Å². The molecule has 3 aromatic rings. The van der Waals surface area contributed by atoms with Gasteiger partial charge in [0.2, 0.25) is 0 Å². The molecule has 0 bridgehead atoms. The van der Waals surface area contributed by atoms with E-state index < -0.39 is 11.9 Å². The number of alkyl halides is 3. The molecule has 3 rings (SSSR count). The Morgan fingerprint density at radius 2 is 1.84 bits per heavy atom. The summed E-state index contributed by atoms with van der Waals surface area (Å²) >= 11 is 6.17. The zero-order valence-electron chi connectivity index (χ0n) is 16.2. The van der Waals surface area contributed by atoms with Crippen LogP contribution in [0.2, 0.25) is 5.02 Å². The fourth-order valence-electron chi connectivity index (χ4n) is 2.83. The third-order valence-electron chi connectivity index (χ3n) is 4.29. The molecule has 0 spiro atoms. The molecule has 1 heterocycles. The highest BCUT2D eigenvalue weighted by Gasteiger charge is 2.35. The quantitative estimate of drug-likeness (QED) is 0.506. The Hall–Kier alpha value is -2.88. The number of nitrogens with one attached hydrogen (secondary N) is 1. The number of hydrogen-bond donors (Lipinski definition) is 2. The van der Waals surface area contributed by atoms with Crippen LogP contribution in [0.1, 0.15) is 16.1 Å². The summed E-state index contributed by atoms with van der Waals surface area (Å²) in [7, 11) is 0. The number of halogens is 4. The van der Waals surface area contributed by atoms with E-state index in [0.29, 0.717) is 16.8 Å². The fraction of sp³-hybridized carbons (Fsp3) is 0.238. The predicted molar refractivity (Wildman–Crippen MR) is 109 cm³/mol. The average Bonchev–Trinajstić information content (AvgIpc) is 3.20. The Morgan fingerprint density at radius 3 is 2.48 bits per heavy atom. The minimum Gasteiger partial charge on any atom is -0.394 e. The summed E-state index contributed by atoms with van der Waals surface area (Å²) in [6.45, 7) is 0.594. The van der Waals surface area contributed by atoms with Crippen molar-refractivity contribution in [1.29, 1.82) is 0 Å². The standard InChI is InChI=1S/C21H19ClF3N3O3/c22-16-3-1-2-4-17(16)28-18(13-19(27-28)21(23,24)25)14-5-7-15(8-6-14)20(30)26-9-11-31-12-10-29/h1-8,13,29H,9-12H2,(H,26,30). The van der Waals surface area contributed by atoms with E-state index in [1.54, 1.807) is 36.4 Å². The molecule has 31 heavy (non-hydrogen) atoms. The third-order valence-corrected chi connectivity index (χ3v) is 4.61. The fourth-order valence-corrected chi connectivity index (χ4v) is 3.05. The second kappa shape index (κ2) is 9.95. The Labute approximate surface area is 181 Å². The van der Waals surface area contributed by atoms with Crippen molar-refractivity contribution in [1.82, 2.24) is 15.1 Å². The molecule has 0 unspecified atom stereocenters. The molecule has 0 saturated heterocycles. The zero-order chi connectivity index (χ0) is 22.4. The van der Waals surface area contributed by atoms with Crippen molar-refractivity contribution in [2.75, 3.05) is 26.4 Å². The Morgan fingerprint density at radius 1 is 1.13 bits per heavy atom. The molecule has 164 valence electrons. The van der Waals surface area contributed by atoms with Crippen molar-refractivity contribution < 1.29 is 27.8 Å². The summed E-state index contributed by atoms with van der Waals surface area (Å²) in [4.78, 5) is 12.2. The number of aliphatic hydroxyl groups excluding tert-OH is 1. The van der Waals surface area contributed by atoms with Crippen LogP contribution in [0.4, 0.5) is 13.2 Å². The molecule has 1 aromatic heterocycles. The van der Waals surface area contributed by atoms with E-state index in [4.69, 9.17) is 21.4 Å². The van der Waals surface area contributed by atoms with Crippen LogP contribution in [0.25, 0.3) is 16.9 Å². The van der Waals surface area contributed by atoms with Gasteiger partial charge in [-0.05, 0) is 30.3 Å². The van der Waals surface area contributed by atoms with Crippen LogP contribution in [0.15, 0.2) is 54.6 Å². The van der Waals surface area contributed by atoms with Gasteiger partial charge in [0.25, 0.3) is 5.91 Å². The van der Waals surface area contributed by atoms with Gasteiger partial charge in [-0.1, -0.05) is 35.9 Å². The number of hydrogen-bond acceptors (Lipinski definition) is 4. The number of carbonyl (C=O) groups excluding carboxylic acids is 1. The summed E-state index contributed by atoms with van der Waals surface area (Å²) in [6, 6.07) is 13.5. The molecule has 1 amide bonds. The van der Waals surface area contributed by atoms with E-state index in [1.165, 1.54) is 12.1 Å². The molecule has 2 aromatic carbocycles. The zero-order valence-corrected chi connectivity index (χ0v) is 17.0. The summed E-state index contributed by atoms with van der Waals surface area (Å²) in [5.41, 5.74) is 0.216. The maximum atomic E-state index is 13.3. The molecule has 0 radical (unpaired) electrons. The summed E-state index contributed by atoms with van der Waals surface area (Å²) in [5.74, 6) is -0.352. The van der Waals surface area contributed by atoms with Gasteiger partial charge in [-0.3, -0.25) is 4.79 Å². The van der Waals surface area contributed by atoms with Gasteiger partial charge in [-0.15, -0.1) is 0 Å². The summed E-state index contributed by atoms with van der Waals surface area (Å²) in [5, 5.41) is 15.3. The Balaban J connectivity index is 1.86. The first-order valence-electron chi connectivity index (χ1n) is 9.30. The third kappa shape index (κ3) is 5.63. The van der Waals surface area contributed by atoms with Gasteiger partial charge in [0, 0.05) is 17.7 Å². The number of nitrogens with zero attached hydrogens (tertiary/aromatic N) is 2. The van der Waals surface area contributed by atoms with E-state index in [-0.39, 0.29) is 43.0 Å². The van der Waals surface area contributed by atoms with Crippen molar-refractivity contribution in [3.05, 3.63) is 70.9 Å². The van der Waals surface area contributed by atoms with Gasteiger partial charge in [0.15, 0.2) is 5.69 Å². The van der Waals surface area contributed by atoms with Gasteiger partial charge in [0.05, 0.1) is 36.2 Å². The van der Waals surface area contributed by atoms with Crippen molar-refractivity contribution in [2.45, 2.75) is 6.18 Å². The highest BCUT2D eigenvalue weighted by Crippen LogP contribution is 2.34. The molecule has 0 atom stereocenters. The predicted octanol–water partition coefficient (Wildman–Crippen LogP) is 3.95. The molecule has 0 aliphatic carbocycles. The second-order valence-corrected chi connectivity index (χ2v) is 6.85. The molecular formula is C21H19ClF3N3O3. The number of amides is 1. The first-order chi connectivity index (χ1) is 14.8. The first-order valence-corrected chi connectivity index (χ1v) is 9.68. The molecule has 2 N–H and O–H groups in total. The number of rotatable bonds is 8. The molecule has 10 heteroatoms. The second-order valence-electron chi connectivity index (χ2n) is 6.45. The lowest BCUT2D eigenvalue weighted by atomic mass is 10.1. The van der Waals surface area contributed by atoms with Crippen LogP contribution < -0.4 is 5.32 Å². The molecule has 0 saturated carbocycles. The lowest BCUT2D eigenvalue weighted by Crippen LogP contribution is -2.27. The van der Waals surface area contributed by atoms with Gasteiger partial charge in [0.1, 0.15) is 0 Å². The van der Waals surface area contributed by atoms with Crippen molar-refractivity contribution >= 4 is 17.5 Å². The van der Waals surface area contributed by atoms with Crippen LogP contribution in [0.5, 0.6) is 0 Å². The van der Waals surface area contributed by atoms with Crippen LogP contribution in [-0.2, 0) is 10.9 Å². The highest BCUT2D eigenvalue weighted by atomic mass is 35.5. The van der Waals surface area contributed by atoms with Crippen LogP contribution >= 0.6 is 11.6 Å². The number of carbonyl (C=O) groups is 1. The van der Waals surface area contributed by atoms with E-state index >= 15 is 0 Å².